The lowest BCUT2D eigenvalue weighted by Crippen LogP contribution is -2.03. The van der Waals surface area contributed by atoms with Gasteiger partial charge in [0.2, 0.25) is 0 Å². The van der Waals surface area contributed by atoms with Gasteiger partial charge in [-0.1, -0.05) is 0 Å². The smallest absolute Gasteiger partial charge is 0.145 e. The first-order valence-electron chi connectivity index (χ1n) is 4.37. The van der Waals surface area contributed by atoms with Crippen LogP contribution in [0.5, 0.6) is 5.75 Å². The molecule has 0 aliphatic carbocycles. The van der Waals surface area contributed by atoms with Gasteiger partial charge >= 0.3 is 0 Å². The summed E-state index contributed by atoms with van der Waals surface area (Å²) in [7, 11) is -3.59. The standard InChI is InChI=1S/C9H10FNO4S2/c10-8-3-6(12)4-9(7(8)5-11)16-1-2-17(13,14)15/h3-4,12-15H,1-2H2. The average molecular weight is 279 g/mol. The maximum absolute atomic E-state index is 13.2. The Kier molecular flexibility index (Phi) is 4.62. The number of hydrogen-bond acceptors (Lipinski definition) is 6. The molecule has 17 heavy (non-hydrogen) atoms. The second-order valence-electron chi connectivity index (χ2n) is 3.10. The Bertz CT molecular complexity index is 456. The molecule has 1 rings (SSSR count). The van der Waals surface area contributed by atoms with E-state index >= 15 is 0 Å². The summed E-state index contributed by atoms with van der Waals surface area (Å²) in [4.78, 5) is 0.189. The van der Waals surface area contributed by atoms with Gasteiger partial charge in [-0.25, -0.2) is 4.39 Å². The van der Waals surface area contributed by atoms with Crippen LogP contribution in [-0.2, 0) is 0 Å². The summed E-state index contributed by atoms with van der Waals surface area (Å²) >= 11 is 0.945. The predicted molar refractivity (Wildman–Crippen MR) is 63.8 cm³/mol. The number of hydrogen-bond donors (Lipinski definition) is 4. The number of nitrogens with zero attached hydrogens (tertiary/aromatic N) is 1. The molecule has 8 heteroatoms. The lowest BCUT2D eigenvalue weighted by atomic mass is 10.2. The normalized spacial score (nSPS) is 12.2. The number of aromatic hydroxyl groups is 1. The van der Waals surface area contributed by atoms with Gasteiger partial charge in [0.15, 0.2) is 0 Å². The van der Waals surface area contributed by atoms with Crippen molar-refractivity contribution >= 4 is 22.6 Å². The van der Waals surface area contributed by atoms with Crippen LogP contribution in [0.1, 0.15) is 5.56 Å². The fourth-order valence-corrected chi connectivity index (χ4v) is 2.99. The van der Waals surface area contributed by atoms with Gasteiger partial charge in [-0.15, -0.1) is 11.8 Å². The van der Waals surface area contributed by atoms with E-state index in [9.17, 15) is 4.39 Å². The van der Waals surface area contributed by atoms with Gasteiger partial charge in [-0.05, 0) is 6.07 Å². The summed E-state index contributed by atoms with van der Waals surface area (Å²) in [5.74, 6) is -1.37. The molecule has 0 saturated carbocycles. The molecule has 0 saturated heterocycles. The molecule has 4 N–H and O–H groups in total. The number of phenolic OH excluding ortho intramolecular Hbond substituents is 1. The van der Waals surface area contributed by atoms with Gasteiger partial charge in [0, 0.05) is 16.7 Å². The van der Waals surface area contributed by atoms with E-state index < -0.39 is 16.7 Å². The Morgan fingerprint density at radius 1 is 1.35 bits per heavy atom. The molecular weight excluding hydrogens is 269 g/mol. The van der Waals surface area contributed by atoms with E-state index in [1.165, 1.54) is 6.07 Å². The Morgan fingerprint density at radius 2 is 2.00 bits per heavy atom. The van der Waals surface area contributed by atoms with Crippen LogP contribution in [0.15, 0.2) is 17.0 Å². The highest BCUT2D eigenvalue weighted by Gasteiger charge is 2.14. The first-order chi connectivity index (χ1) is 7.83. The highest BCUT2D eigenvalue weighted by molar-refractivity contribution is 8.19. The van der Waals surface area contributed by atoms with Crippen LogP contribution in [0.3, 0.4) is 0 Å². The van der Waals surface area contributed by atoms with Gasteiger partial charge in [0.1, 0.15) is 23.2 Å². The molecule has 0 aromatic heterocycles. The molecule has 0 bridgehead atoms. The molecule has 0 spiro atoms. The van der Waals surface area contributed by atoms with E-state index in [2.05, 4.69) is 0 Å². The molecule has 5 nitrogen and oxygen atoms in total. The molecular formula is C9H10FNO4S2. The monoisotopic (exact) mass is 279 g/mol. The second kappa shape index (κ2) is 5.57. The number of thioether (sulfide) groups is 1. The maximum Gasteiger partial charge on any atom is 0.145 e. The summed E-state index contributed by atoms with van der Waals surface area (Å²) in [6.45, 7) is 0. The molecule has 0 radical (unpaired) electrons. The quantitative estimate of drug-likeness (QED) is 0.632. The molecule has 0 amide bonds. The topological polar surface area (TPSA) is 105 Å². The number of nitriles is 1. The van der Waals surface area contributed by atoms with Crippen molar-refractivity contribution < 1.29 is 23.2 Å². The zero-order valence-electron chi connectivity index (χ0n) is 8.50. The van der Waals surface area contributed by atoms with Gasteiger partial charge in [-0.3, -0.25) is 0 Å². The fraction of sp³-hybridized carbons (Fsp3) is 0.222. The predicted octanol–water partition coefficient (Wildman–Crippen LogP) is 2.72. The van der Waals surface area contributed by atoms with E-state index in [4.69, 9.17) is 24.0 Å². The average Bonchev–Trinajstić information content (AvgIpc) is 2.14. The minimum absolute atomic E-state index is 0.0798. The van der Waals surface area contributed by atoms with Crippen LogP contribution in [0.4, 0.5) is 4.39 Å². The highest BCUT2D eigenvalue weighted by Crippen LogP contribution is 2.36. The third kappa shape index (κ3) is 4.41. The van der Waals surface area contributed by atoms with Crippen molar-refractivity contribution in [1.82, 2.24) is 0 Å². The van der Waals surface area contributed by atoms with Crippen molar-refractivity contribution in [2.24, 2.45) is 0 Å². The van der Waals surface area contributed by atoms with E-state index in [-0.39, 0.29) is 27.7 Å². The molecule has 0 heterocycles. The van der Waals surface area contributed by atoms with E-state index in [1.807, 2.05) is 0 Å². The number of benzene rings is 1. The lowest BCUT2D eigenvalue weighted by molar-refractivity contribution is 0.378. The van der Waals surface area contributed by atoms with Crippen LogP contribution in [0.2, 0.25) is 0 Å². The van der Waals surface area contributed by atoms with Crippen molar-refractivity contribution in [2.45, 2.75) is 4.90 Å². The van der Waals surface area contributed by atoms with E-state index in [0.29, 0.717) is 0 Å². The third-order valence-electron chi connectivity index (χ3n) is 1.77. The summed E-state index contributed by atoms with van der Waals surface area (Å²) in [5.41, 5.74) is -0.220. The number of rotatable bonds is 4. The summed E-state index contributed by atoms with van der Waals surface area (Å²) in [5, 5.41) is 17.9. The Hall–Kier alpha value is -0.980. The summed E-state index contributed by atoms with van der Waals surface area (Å²) in [6.07, 6.45) is 0. The maximum atomic E-state index is 13.2. The minimum Gasteiger partial charge on any atom is -0.508 e. The first kappa shape index (κ1) is 14.1. The van der Waals surface area contributed by atoms with Crippen molar-refractivity contribution in [3.63, 3.8) is 0 Å². The van der Waals surface area contributed by atoms with E-state index in [1.54, 1.807) is 6.07 Å². The van der Waals surface area contributed by atoms with Crippen molar-refractivity contribution in [3.8, 4) is 11.8 Å². The first-order valence-corrected chi connectivity index (χ1v) is 7.03. The van der Waals surface area contributed by atoms with Crippen LogP contribution in [-0.4, -0.2) is 30.3 Å². The molecule has 1 aromatic rings. The SMILES string of the molecule is N#Cc1c(F)cc(O)cc1SCCS(O)(O)O. The van der Waals surface area contributed by atoms with Crippen molar-refractivity contribution in [3.05, 3.63) is 23.5 Å². The van der Waals surface area contributed by atoms with Crippen LogP contribution in [0, 0.1) is 17.1 Å². The lowest BCUT2D eigenvalue weighted by Gasteiger charge is -2.18. The second-order valence-corrected chi connectivity index (χ2v) is 5.91. The molecule has 0 fully saturated rings. The van der Waals surface area contributed by atoms with Crippen LogP contribution in [0.25, 0.3) is 0 Å². The van der Waals surface area contributed by atoms with Crippen LogP contribution >= 0.6 is 22.6 Å². The molecule has 1 aromatic carbocycles. The molecule has 0 aliphatic heterocycles. The van der Waals surface area contributed by atoms with Gasteiger partial charge < -0.3 is 18.8 Å². The van der Waals surface area contributed by atoms with Gasteiger partial charge in [-0.2, -0.15) is 5.26 Å². The molecule has 0 aliphatic rings. The third-order valence-corrected chi connectivity index (χ3v) is 3.82. The summed E-state index contributed by atoms with van der Waals surface area (Å²) in [6, 6.07) is 3.68. The molecule has 0 unspecified atom stereocenters. The minimum atomic E-state index is -3.59. The number of halogens is 1. The Labute approximate surface area is 103 Å². The Morgan fingerprint density at radius 3 is 2.53 bits per heavy atom. The Balaban J connectivity index is 2.81. The zero-order chi connectivity index (χ0) is 13.1. The molecule has 0 atom stereocenters. The largest absolute Gasteiger partial charge is 0.508 e. The van der Waals surface area contributed by atoms with Gasteiger partial charge in [0.25, 0.3) is 0 Å². The highest BCUT2D eigenvalue weighted by atomic mass is 32.3. The van der Waals surface area contributed by atoms with Crippen molar-refractivity contribution in [1.29, 1.82) is 5.26 Å². The van der Waals surface area contributed by atoms with Crippen molar-refractivity contribution in [2.75, 3.05) is 11.5 Å². The van der Waals surface area contributed by atoms with E-state index in [0.717, 1.165) is 17.8 Å². The number of phenols is 1. The fourth-order valence-electron chi connectivity index (χ4n) is 1.05. The molecule has 94 valence electrons. The zero-order valence-corrected chi connectivity index (χ0v) is 10.1. The van der Waals surface area contributed by atoms with Crippen LogP contribution < -0.4 is 0 Å². The summed E-state index contributed by atoms with van der Waals surface area (Å²) < 4.78 is 39.4. The van der Waals surface area contributed by atoms with Gasteiger partial charge in [0.05, 0.1) is 16.6 Å².